The molecule has 1 aliphatic carbocycles. The molecule has 3 N–H and O–H groups in total. The number of benzene rings is 1. The van der Waals surface area contributed by atoms with Gasteiger partial charge >= 0.3 is 0 Å². The summed E-state index contributed by atoms with van der Waals surface area (Å²) in [5.74, 6) is 0. The minimum atomic E-state index is -1.36. The van der Waals surface area contributed by atoms with Crippen LogP contribution >= 0.6 is 0 Å². The van der Waals surface area contributed by atoms with Crippen LogP contribution in [0.15, 0.2) is 30.3 Å². The molecule has 2 aliphatic rings. The quantitative estimate of drug-likeness (QED) is 0.529. The Kier molecular flexibility index (Phi) is 4.26. The molecule has 6 nitrogen and oxygen atoms in total. The second-order valence-corrected chi connectivity index (χ2v) is 5.54. The number of ether oxygens (including phenoxy) is 3. The Balaban J connectivity index is 1.46. The lowest BCUT2D eigenvalue weighted by atomic mass is 9.73. The molecule has 1 aromatic rings. The van der Waals surface area contributed by atoms with E-state index in [0.29, 0.717) is 19.4 Å². The molecule has 0 aromatic heterocycles. The number of rotatable bonds is 5. The first-order chi connectivity index (χ1) is 10.1. The lowest BCUT2D eigenvalue weighted by Crippen LogP contribution is -2.60. The Morgan fingerprint density at radius 3 is 2.52 bits per heavy atom. The minimum Gasteiger partial charge on any atom is -0.387 e. The van der Waals surface area contributed by atoms with Crippen LogP contribution in [0.5, 0.6) is 0 Å². The molecule has 1 spiro atoms. The van der Waals surface area contributed by atoms with Gasteiger partial charge in [0.1, 0.15) is 24.6 Å². The molecule has 116 valence electrons. The molecule has 21 heavy (non-hydrogen) atoms. The van der Waals surface area contributed by atoms with E-state index in [0.717, 1.165) is 5.56 Å². The van der Waals surface area contributed by atoms with Gasteiger partial charge in [-0.25, -0.2) is 0 Å². The maximum absolute atomic E-state index is 9.99. The van der Waals surface area contributed by atoms with Crippen molar-refractivity contribution in [3.05, 3.63) is 35.9 Å². The zero-order chi connectivity index (χ0) is 14.9. The third kappa shape index (κ3) is 2.70. The van der Waals surface area contributed by atoms with Gasteiger partial charge in [0.05, 0.1) is 12.7 Å². The van der Waals surface area contributed by atoms with E-state index in [1.165, 1.54) is 0 Å². The lowest BCUT2D eigenvalue weighted by Gasteiger charge is -2.47. The molecule has 1 aromatic carbocycles. The van der Waals surface area contributed by atoms with Crippen LogP contribution in [-0.4, -0.2) is 52.3 Å². The van der Waals surface area contributed by atoms with Crippen LogP contribution < -0.4 is 0 Å². The summed E-state index contributed by atoms with van der Waals surface area (Å²) < 4.78 is 16.3. The summed E-state index contributed by atoms with van der Waals surface area (Å²) in [6, 6.07) is 9.73. The standard InChI is InChI=1S/C15H20O6/c16-12-13(17)15(21-14(12)18)7-6-11(15)20-9-19-8-10-4-2-1-3-5-10/h1-5,11-14,16-18H,6-9H2/t11-,12?,13?,14?,15+/m1/s1. The zero-order valence-corrected chi connectivity index (χ0v) is 11.6. The third-order valence-corrected chi connectivity index (χ3v) is 4.26. The van der Waals surface area contributed by atoms with Gasteiger partial charge in [-0.05, 0) is 18.4 Å². The lowest BCUT2D eigenvalue weighted by molar-refractivity contribution is -0.266. The molecule has 6 heteroatoms. The maximum Gasteiger partial charge on any atom is 0.184 e. The molecule has 1 heterocycles. The fraction of sp³-hybridized carbons (Fsp3) is 0.600. The summed E-state index contributed by atoms with van der Waals surface area (Å²) in [6.45, 7) is 0.513. The molecule has 5 atom stereocenters. The molecule has 0 radical (unpaired) electrons. The molecule has 1 aliphatic heterocycles. The predicted molar refractivity (Wildman–Crippen MR) is 72.0 cm³/mol. The van der Waals surface area contributed by atoms with E-state index in [-0.39, 0.29) is 12.9 Å². The molecule has 1 saturated carbocycles. The number of hydrogen-bond acceptors (Lipinski definition) is 6. The smallest absolute Gasteiger partial charge is 0.184 e. The van der Waals surface area contributed by atoms with E-state index in [9.17, 15) is 15.3 Å². The highest BCUT2D eigenvalue weighted by Gasteiger charge is 2.63. The molecular formula is C15H20O6. The fourth-order valence-electron chi connectivity index (χ4n) is 2.92. The van der Waals surface area contributed by atoms with Crippen LogP contribution in [0, 0.1) is 0 Å². The van der Waals surface area contributed by atoms with Gasteiger partial charge in [0, 0.05) is 0 Å². The van der Waals surface area contributed by atoms with Crippen LogP contribution in [0.4, 0.5) is 0 Å². The van der Waals surface area contributed by atoms with Gasteiger partial charge in [0.2, 0.25) is 0 Å². The Morgan fingerprint density at radius 1 is 1.19 bits per heavy atom. The van der Waals surface area contributed by atoms with Crippen LogP contribution in [0.1, 0.15) is 18.4 Å². The monoisotopic (exact) mass is 296 g/mol. The normalized spacial score (nSPS) is 38.6. The molecule has 1 saturated heterocycles. The second-order valence-electron chi connectivity index (χ2n) is 5.54. The van der Waals surface area contributed by atoms with Gasteiger partial charge in [-0.2, -0.15) is 0 Å². The van der Waals surface area contributed by atoms with Gasteiger partial charge in [-0.1, -0.05) is 30.3 Å². The zero-order valence-electron chi connectivity index (χ0n) is 11.6. The van der Waals surface area contributed by atoms with Crippen LogP contribution in [0.2, 0.25) is 0 Å². The van der Waals surface area contributed by atoms with Crippen molar-refractivity contribution in [2.75, 3.05) is 6.79 Å². The average Bonchev–Trinajstić information content (AvgIpc) is 2.73. The predicted octanol–water partition coefficient (Wildman–Crippen LogP) is 0.149. The van der Waals surface area contributed by atoms with E-state index in [1.807, 2.05) is 30.3 Å². The summed E-state index contributed by atoms with van der Waals surface area (Å²) in [4.78, 5) is 0. The number of hydrogen-bond donors (Lipinski definition) is 3. The molecule has 0 bridgehead atoms. The third-order valence-electron chi connectivity index (χ3n) is 4.26. The highest BCUT2D eigenvalue weighted by molar-refractivity contribution is 5.13. The molecule has 2 fully saturated rings. The van der Waals surface area contributed by atoms with E-state index in [2.05, 4.69) is 0 Å². The second kappa shape index (κ2) is 6.00. The van der Waals surface area contributed by atoms with E-state index in [1.54, 1.807) is 0 Å². The van der Waals surface area contributed by atoms with Crippen molar-refractivity contribution in [2.24, 2.45) is 0 Å². The summed E-state index contributed by atoms with van der Waals surface area (Å²) in [6.07, 6.45) is -2.93. The summed E-state index contributed by atoms with van der Waals surface area (Å²) in [5, 5.41) is 29.1. The van der Waals surface area contributed by atoms with E-state index in [4.69, 9.17) is 14.2 Å². The molecule has 3 unspecified atom stereocenters. The van der Waals surface area contributed by atoms with Crippen molar-refractivity contribution in [3.8, 4) is 0 Å². The minimum absolute atomic E-state index is 0.0730. The van der Waals surface area contributed by atoms with Gasteiger partial charge in [0.15, 0.2) is 6.29 Å². The Bertz CT molecular complexity index is 466. The Labute approximate surface area is 122 Å². The maximum atomic E-state index is 9.99. The van der Waals surface area contributed by atoms with Crippen LogP contribution in [0.3, 0.4) is 0 Å². The first-order valence-electron chi connectivity index (χ1n) is 7.09. The van der Waals surface area contributed by atoms with Crippen molar-refractivity contribution < 1.29 is 29.5 Å². The summed E-state index contributed by atoms with van der Waals surface area (Å²) in [5.41, 5.74) is 0.0435. The SMILES string of the molecule is OC1O[C@]2(CC[C@H]2OCOCc2ccccc2)C(O)C1O. The number of aliphatic hydroxyl groups is 3. The van der Waals surface area contributed by atoms with E-state index < -0.39 is 24.1 Å². The van der Waals surface area contributed by atoms with E-state index >= 15 is 0 Å². The highest BCUT2D eigenvalue weighted by atomic mass is 16.7. The first kappa shape index (κ1) is 14.9. The topological polar surface area (TPSA) is 88.4 Å². The molecule has 0 amide bonds. The Hall–Kier alpha value is -1.02. The van der Waals surface area contributed by atoms with Crippen molar-refractivity contribution in [1.29, 1.82) is 0 Å². The van der Waals surface area contributed by atoms with Crippen molar-refractivity contribution in [1.82, 2.24) is 0 Å². The van der Waals surface area contributed by atoms with Crippen molar-refractivity contribution >= 4 is 0 Å². The van der Waals surface area contributed by atoms with Crippen molar-refractivity contribution in [2.45, 2.75) is 49.7 Å². The fourth-order valence-corrected chi connectivity index (χ4v) is 2.92. The molecular weight excluding hydrogens is 276 g/mol. The van der Waals surface area contributed by atoms with Gasteiger partial charge < -0.3 is 29.5 Å². The first-order valence-corrected chi connectivity index (χ1v) is 7.09. The largest absolute Gasteiger partial charge is 0.387 e. The van der Waals surface area contributed by atoms with Crippen LogP contribution in [-0.2, 0) is 20.8 Å². The molecule has 3 rings (SSSR count). The van der Waals surface area contributed by atoms with Crippen LogP contribution in [0.25, 0.3) is 0 Å². The van der Waals surface area contributed by atoms with Gasteiger partial charge in [-0.3, -0.25) is 0 Å². The summed E-state index contributed by atoms with van der Waals surface area (Å²) >= 11 is 0. The summed E-state index contributed by atoms with van der Waals surface area (Å²) in [7, 11) is 0. The van der Waals surface area contributed by atoms with Crippen molar-refractivity contribution in [3.63, 3.8) is 0 Å². The van der Waals surface area contributed by atoms with Gasteiger partial charge in [-0.15, -0.1) is 0 Å². The van der Waals surface area contributed by atoms with Gasteiger partial charge in [0.25, 0.3) is 0 Å². The highest BCUT2D eigenvalue weighted by Crippen LogP contribution is 2.47. The number of aliphatic hydroxyl groups excluding tert-OH is 3. The Morgan fingerprint density at radius 2 is 1.95 bits per heavy atom. The average molecular weight is 296 g/mol.